The number of hydrogen-bond acceptors (Lipinski definition) is 3. The third-order valence-electron chi connectivity index (χ3n) is 4.74. The Morgan fingerprint density at radius 1 is 1.23 bits per heavy atom. The average Bonchev–Trinajstić information content (AvgIpc) is 2.53. The molecule has 2 aliphatic rings. The van der Waals surface area contributed by atoms with Crippen LogP contribution in [0.15, 0.2) is 18.2 Å². The van der Waals surface area contributed by atoms with E-state index in [9.17, 15) is 4.79 Å². The van der Waals surface area contributed by atoms with Crippen LogP contribution in [-0.4, -0.2) is 37.1 Å². The van der Waals surface area contributed by atoms with Crippen LogP contribution in [-0.2, 0) is 10.2 Å². The van der Waals surface area contributed by atoms with Crippen LogP contribution >= 0.6 is 0 Å². The second-order valence-corrected chi connectivity index (χ2v) is 6.98. The highest BCUT2D eigenvalue weighted by Gasteiger charge is 2.36. The Balaban J connectivity index is 1.83. The van der Waals surface area contributed by atoms with Gasteiger partial charge in [0.05, 0.1) is 5.41 Å². The maximum absolute atomic E-state index is 13.0. The number of rotatable bonds is 2. The minimum absolute atomic E-state index is 0.204. The monoisotopic (exact) mass is 303 g/mol. The van der Waals surface area contributed by atoms with E-state index in [-0.39, 0.29) is 5.91 Å². The van der Waals surface area contributed by atoms with Gasteiger partial charge in [0.25, 0.3) is 0 Å². The summed E-state index contributed by atoms with van der Waals surface area (Å²) in [6.07, 6.45) is 2.32. The number of fused-ring (bicyclic) bond motifs is 1. The van der Waals surface area contributed by atoms with Crippen molar-refractivity contribution < 1.29 is 14.3 Å². The number of carbonyl (C=O) groups is 1. The molecule has 1 unspecified atom stereocenters. The Hall–Kier alpha value is -1.71. The number of amides is 1. The van der Waals surface area contributed by atoms with Crippen molar-refractivity contribution in [1.82, 2.24) is 4.90 Å². The number of carbonyl (C=O) groups excluding carboxylic acids is 1. The van der Waals surface area contributed by atoms with Gasteiger partial charge >= 0.3 is 0 Å². The van der Waals surface area contributed by atoms with Crippen molar-refractivity contribution in [2.45, 2.75) is 39.0 Å². The zero-order valence-electron chi connectivity index (χ0n) is 13.7. The molecule has 120 valence electrons. The summed E-state index contributed by atoms with van der Waals surface area (Å²) in [7, 11) is 0. The van der Waals surface area contributed by atoms with Crippen LogP contribution in [0.25, 0.3) is 0 Å². The van der Waals surface area contributed by atoms with E-state index in [1.807, 2.05) is 36.9 Å². The summed E-state index contributed by atoms with van der Waals surface area (Å²) in [5, 5.41) is 0. The molecule has 4 heteroatoms. The van der Waals surface area contributed by atoms with Gasteiger partial charge in [-0.25, -0.2) is 0 Å². The molecule has 2 aliphatic heterocycles. The zero-order chi connectivity index (χ0) is 15.7. The highest BCUT2D eigenvalue weighted by atomic mass is 16.6. The summed E-state index contributed by atoms with van der Waals surface area (Å²) in [6, 6.07) is 5.86. The molecule has 0 radical (unpaired) electrons. The van der Waals surface area contributed by atoms with Crippen LogP contribution in [0.5, 0.6) is 11.5 Å². The molecule has 0 N–H and O–H groups in total. The fraction of sp³-hybridized carbons (Fsp3) is 0.611. The second-order valence-electron chi connectivity index (χ2n) is 6.98. The quantitative estimate of drug-likeness (QED) is 0.843. The lowest BCUT2D eigenvalue weighted by Gasteiger charge is -2.37. The largest absolute Gasteiger partial charge is 0.486 e. The van der Waals surface area contributed by atoms with Crippen molar-refractivity contribution in [2.75, 3.05) is 26.3 Å². The summed E-state index contributed by atoms with van der Waals surface area (Å²) in [6.45, 7) is 9.11. The first-order valence-electron chi connectivity index (χ1n) is 8.18. The Morgan fingerprint density at radius 3 is 2.68 bits per heavy atom. The summed E-state index contributed by atoms with van der Waals surface area (Å²) in [5.41, 5.74) is 0.437. The fourth-order valence-electron chi connectivity index (χ4n) is 3.32. The van der Waals surface area contributed by atoms with Gasteiger partial charge in [-0.15, -0.1) is 0 Å². The molecule has 1 amide bonds. The topological polar surface area (TPSA) is 38.8 Å². The van der Waals surface area contributed by atoms with Gasteiger partial charge in [-0.3, -0.25) is 4.79 Å². The van der Waals surface area contributed by atoms with Crippen LogP contribution < -0.4 is 9.47 Å². The average molecular weight is 303 g/mol. The highest BCUT2D eigenvalue weighted by molar-refractivity contribution is 5.87. The molecule has 4 nitrogen and oxygen atoms in total. The zero-order valence-corrected chi connectivity index (χ0v) is 13.7. The molecular weight excluding hydrogens is 278 g/mol. The van der Waals surface area contributed by atoms with Crippen LogP contribution in [0.4, 0.5) is 0 Å². The first-order valence-corrected chi connectivity index (χ1v) is 8.18. The van der Waals surface area contributed by atoms with E-state index in [0.717, 1.165) is 36.6 Å². The van der Waals surface area contributed by atoms with Crippen molar-refractivity contribution in [3.8, 4) is 11.5 Å². The van der Waals surface area contributed by atoms with Crippen molar-refractivity contribution in [1.29, 1.82) is 0 Å². The Labute approximate surface area is 132 Å². The van der Waals surface area contributed by atoms with Crippen molar-refractivity contribution in [3.05, 3.63) is 23.8 Å². The maximum Gasteiger partial charge on any atom is 0.232 e. The van der Waals surface area contributed by atoms with Gasteiger partial charge in [0.2, 0.25) is 5.91 Å². The Morgan fingerprint density at radius 2 is 1.95 bits per heavy atom. The van der Waals surface area contributed by atoms with E-state index < -0.39 is 5.41 Å². The normalized spacial score (nSPS) is 21.6. The molecule has 3 rings (SSSR count). The first-order chi connectivity index (χ1) is 10.5. The van der Waals surface area contributed by atoms with Crippen molar-refractivity contribution >= 4 is 5.91 Å². The van der Waals surface area contributed by atoms with Crippen LogP contribution in [0, 0.1) is 5.92 Å². The molecule has 1 saturated heterocycles. The maximum atomic E-state index is 13.0. The van der Waals surface area contributed by atoms with Crippen LogP contribution in [0.3, 0.4) is 0 Å². The molecule has 2 heterocycles. The number of benzene rings is 1. The predicted molar refractivity (Wildman–Crippen MR) is 85.4 cm³/mol. The second kappa shape index (κ2) is 5.82. The highest BCUT2D eigenvalue weighted by Crippen LogP contribution is 2.36. The lowest BCUT2D eigenvalue weighted by molar-refractivity contribution is -0.138. The Kier molecular flexibility index (Phi) is 4.02. The molecule has 0 saturated carbocycles. The minimum atomic E-state index is -0.549. The van der Waals surface area contributed by atoms with E-state index in [0.29, 0.717) is 19.1 Å². The van der Waals surface area contributed by atoms with Gasteiger partial charge in [-0.2, -0.15) is 0 Å². The predicted octanol–water partition coefficient (Wildman–Crippen LogP) is 2.99. The third kappa shape index (κ3) is 2.79. The lowest BCUT2D eigenvalue weighted by Crippen LogP contribution is -2.47. The van der Waals surface area contributed by atoms with E-state index in [2.05, 4.69) is 6.92 Å². The summed E-state index contributed by atoms with van der Waals surface area (Å²) in [5.74, 6) is 2.31. The lowest BCUT2D eigenvalue weighted by atomic mass is 9.82. The molecule has 1 atom stereocenters. The SMILES string of the molecule is CC1CCCN(C(=O)C(C)(C)c2ccc3c(c2)OCCO3)C1. The fourth-order valence-corrected chi connectivity index (χ4v) is 3.32. The van der Waals surface area contributed by atoms with Gasteiger partial charge in [0.15, 0.2) is 11.5 Å². The van der Waals surface area contributed by atoms with Crippen molar-refractivity contribution in [3.63, 3.8) is 0 Å². The summed E-state index contributed by atoms with van der Waals surface area (Å²) >= 11 is 0. The number of hydrogen-bond donors (Lipinski definition) is 0. The minimum Gasteiger partial charge on any atom is -0.486 e. The third-order valence-corrected chi connectivity index (χ3v) is 4.74. The van der Waals surface area contributed by atoms with Crippen LogP contribution in [0.2, 0.25) is 0 Å². The van der Waals surface area contributed by atoms with E-state index in [1.54, 1.807) is 0 Å². The number of ether oxygens (including phenoxy) is 2. The molecule has 0 aromatic heterocycles. The molecule has 0 spiro atoms. The molecule has 1 aromatic rings. The van der Waals surface area contributed by atoms with Crippen LogP contribution in [0.1, 0.15) is 39.2 Å². The van der Waals surface area contributed by atoms with Gasteiger partial charge in [-0.1, -0.05) is 13.0 Å². The molecule has 1 fully saturated rings. The van der Waals surface area contributed by atoms with Gasteiger partial charge in [-0.05, 0) is 50.3 Å². The van der Waals surface area contributed by atoms with E-state index in [4.69, 9.17) is 9.47 Å². The molecule has 1 aromatic carbocycles. The summed E-state index contributed by atoms with van der Waals surface area (Å²) < 4.78 is 11.2. The smallest absolute Gasteiger partial charge is 0.232 e. The number of likely N-dealkylation sites (tertiary alicyclic amines) is 1. The number of piperidine rings is 1. The Bertz CT molecular complexity index is 567. The molecule has 0 bridgehead atoms. The van der Waals surface area contributed by atoms with E-state index in [1.165, 1.54) is 6.42 Å². The van der Waals surface area contributed by atoms with Gasteiger partial charge in [0.1, 0.15) is 13.2 Å². The van der Waals surface area contributed by atoms with Gasteiger partial charge < -0.3 is 14.4 Å². The molecular formula is C18H25NO3. The van der Waals surface area contributed by atoms with E-state index >= 15 is 0 Å². The first kappa shape index (κ1) is 15.2. The summed E-state index contributed by atoms with van der Waals surface area (Å²) in [4.78, 5) is 15.0. The number of nitrogens with zero attached hydrogens (tertiary/aromatic N) is 1. The molecule has 22 heavy (non-hydrogen) atoms. The van der Waals surface area contributed by atoms with Gasteiger partial charge in [0, 0.05) is 13.1 Å². The molecule has 0 aliphatic carbocycles. The van der Waals surface area contributed by atoms with Crippen molar-refractivity contribution in [2.24, 2.45) is 5.92 Å². The standard InChI is InChI=1S/C18H25NO3/c1-13-5-4-8-19(12-13)17(20)18(2,3)14-6-7-15-16(11-14)22-10-9-21-15/h6-7,11,13H,4-5,8-10,12H2,1-3H3.